The molecule has 0 spiro atoms. The van der Waals surface area contributed by atoms with Crippen molar-refractivity contribution >= 4 is 39.1 Å². The number of amides is 1. The van der Waals surface area contributed by atoms with Crippen LogP contribution < -0.4 is 3.71 Å². The maximum atomic E-state index is 17.3. The van der Waals surface area contributed by atoms with Gasteiger partial charge in [0, 0.05) is 0 Å². The second-order valence-electron chi connectivity index (χ2n) is 14.9. The van der Waals surface area contributed by atoms with Crippen molar-refractivity contribution < 1.29 is 13.9 Å². The van der Waals surface area contributed by atoms with Gasteiger partial charge in [0.05, 0.1) is 0 Å². The van der Waals surface area contributed by atoms with Crippen molar-refractivity contribution in [1.29, 1.82) is 0 Å². The van der Waals surface area contributed by atoms with Gasteiger partial charge < -0.3 is 0 Å². The Morgan fingerprint density at radius 2 is 1.55 bits per heavy atom. The van der Waals surface area contributed by atoms with Crippen LogP contribution in [0.15, 0.2) is 0 Å². The van der Waals surface area contributed by atoms with E-state index in [1.165, 1.54) is 32.6 Å². The van der Waals surface area contributed by atoms with E-state index in [2.05, 4.69) is 39.3 Å². The van der Waals surface area contributed by atoms with Crippen molar-refractivity contribution in [2.45, 2.75) is 144 Å². The summed E-state index contributed by atoms with van der Waals surface area (Å²) in [5.74, 6) is 1.18. The molecule has 2 atom stereocenters. The monoisotopic (exact) mass is 690 g/mol. The van der Waals surface area contributed by atoms with Gasteiger partial charge in [-0.2, -0.15) is 0 Å². The number of ether oxygens (including phenoxy) is 1. The molecule has 0 N–H and O–H groups in total. The van der Waals surface area contributed by atoms with Crippen LogP contribution in [0.3, 0.4) is 0 Å². The van der Waals surface area contributed by atoms with Gasteiger partial charge in [-0.1, -0.05) is 0 Å². The Hall–Kier alpha value is -1.38. The molecular weight excluding hydrogens is 634 g/mol. The summed E-state index contributed by atoms with van der Waals surface area (Å²) >= 11 is -3.15. The van der Waals surface area contributed by atoms with Crippen molar-refractivity contribution in [3.05, 3.63) is 17.2 Å². The molecule has 0 bridgehead atoms. The minimum atomic E-state index is -3.15. The zero-order valence-corrected chi connectivity index (χ0v) is 30.4. The van der Waals surface area contributed by atoms with E-state index in [1.54, 1.807) is 0 Å². The van der Waals surface area contributed by atoms with Gasteiger partial charge in [0.1, 0.15) is 0 Å². The summed E-state index contributed by atoms with van der Waals surface area (Å²) in [6.07, 6.45) is 8.96. The van der Waals surface area contributed by atoms with Crippen LogP contribution in [0.1, 0.15) is 136 Å². The Morgan fingerprint density at radius 3 is 2.00 bits per heavy atom. The number of nitrogens with zero attached hydrogens (tertiary/aromatic N) is 4. The molecule has 2 unspecified atom stereocenters. The van der Waals surface area contributed by atoms with E-state index >= 15 is 4.39 Å². The van der Waals surface area contributed by atoms with E-state index < -0.39 is 24.0 Å². The third-order valence-electron chi connectivity index (χ3n) is 9.97. The zero-order chi connectivity index (χ0) is 30.4. The van der Waals surface area contributed by atoms with Crippen LogP contribution >= 0.6 is 0 Å². The molecule has 5 rings (SSSR count). The molecule has 2 aliphatic carbocycles. The number of hydrogen-bond donors (Lipinski definition) is 0. The van der Waals surface area contributed by atoms with E-state index in [1.807, 2.05) is 25.7 Å². The SMILES string of the molecule is CCC[CH2][Sn]([CH2]CCC)([CH2]CCC)[c]1nc(C(C)C)c2c(C3C4CN(C(=O)OC(C)(C)C)CC43)nn(C3CC3)c2c1F. The van der Waals surface area contributed by atoms with Crippen LogP contribution in [-0.4, -0.2) is 62.8 Å². The Kier molecular flexibility index (Phi) is 9.57. The molecule has 3 heterocycles. The molecule has 234 valence electrons. The predicted molar refractivity (Wildman–Crippen MR) is 172 cm³/mol. The Labute approximate surface area is 257 Å². The van der Waals surface area contributed by atoms with Gasteiger partial charge in [0.15, 0.2) is 0 Å². The molecule has 6 nitrogen and oxygen atoms in total. The van der Waals surface area contributed by atoms with E-state index in [-0.39, 0.29) is 23.7 Å². The number of halogens is 1. The summed E-state index contributed by atoms with van der Waals surface area (Å²) in [6, 6.07) is 0.300. The third-order valence-corrected chi connectivity index (χ3v) is 25.0. The zero-order valence-electron chi connectivity index (χ0n) is 27.6. The second-order valence-corrected chi connectivity index (χ2v) is 27.9. The normalized spacial score (nSPS) is 22.3. The van der Waals surface area contributed by atoms with Crippen LogP contribution in [0, 0.1) is 17.7 Å². The van der Waals surface area contributed by atoms with Crippen LogP contribution in [0.25, 0.3) is 10.9 Å². The first kappa shape index (κ1) is 32.0. The average molecular weight is 690 g/mol. The van der Waals surface area contributed by atoms with E-state index in [9.17, 15) is 4.79 Å². The number of hydrogen-bond acceptors (Lipinski definition) is 4. The number of pyridine rings is 1. The average Bonchev–Trinajstić information content (AvgIpc) is 3.81. The number of rotatable bonds is 13. The Balaban J connectivity index is 1.58. The molecule has 2 aromatic rings. The molecule has 42 heavy (non-hydrogen) atoms. The van der Waals surface area contributed by atoms with E-state index in [0.717, 1.165) is 58.1 Å². The fraction of sp³-hybridized carbons (Fsp3) is 0.794. The van der Waals surface area contributed by atoms with Crippen molar-refractivity contribution in [2.24, 2.45) is 11.8 Å². The minimum absolute atomic E-state index is 0.0136. The predicted octanol–water partition coefficient (Wildman–Crippen LogP) is 8.67. The summed E-state index contributed by atoms with van der Waals surface area (Å²) in [5.41, 5.74) is 2.39. The van der Waals surface area contributed by atoms with Gasteiger partial charge in [0.2, 0.25) is 0 Å². The fourth-order valence-electron chi connectivity index (χ4n) is 7.52. The van der Waals surface area contributed by atoms with Gasteiger partial charge in [-0.3, -0.25) is 0 Å². The third kappa shape index (κ3) is 6.24. The molecule has 1 saturated heterocycles. The Morgan fingerprint density at radius 1 is 1.00 bits per heavy atom. The maximum absolute atomic E-state index is 17.3. The summed E-state index contributed by atoms with van der Waals surface area (Å²) in [7, 11) is 0. The molecule has 2 saturated carbocycles. The number of likely N-dealkylation sites (tertiary alicyclic amines) is 1. The molecule has 0 radical (unpaired) electrons. The van der Waals surface area contributed by atoms with Crippen LogP contribution in [0.4, 0.5) is 9.18 Å². The molecule has 3 fully saturated rings. The van der Waals surface area contributed by atoms with Crippen LogP contribution in [0.2, 0.25) is 13.3 Å². The molecular formula is C34H55FN4O2Sn. The summed E-state index contributed by atoms with van der Waals surface area (Å²) in [6.45, 7) is 18.4. The molecule has 2 aromatic heterocycles. The summed E-state index contributed by atoms with van der Waals surface area (Å²) in [5, 5.41) is 6.27. The standard InChI is InChI=1S/C22H28FN4O2.3C4H9.Sn/c1-11(2)18-17-19(25-27(12-6-7-12)20(17)15(23)8-24-18)16-13-9-26(10-14(13)16)21(28)29-22(3,4)5;3*1-3-4-2;/h11-14,16H,6-7,9-10H2,1-5H3;3*1,3-4H2,2H3;. The van der Waals surface area contributed by atoms with Crippen LogP contribution in [-0.2, 0) is 4.74 Å². The molecule has 1 aliphatic heterocycles. The first-order chi connectivity index (χ1) is 20.0. The molecule has 0 aromatic carbocycles. The fourth-order valence-corrected chi connectivity index (χ4v) is 23.2. The van der Waals surface area contributed by atoms with Crippen molar-refractivity contribution in [3.8, 4) is 0 Å². The van der Waals surface area contributed by atoms with Gasteiger partial charge >= 0.3 is 238 Å². The number of aromatic nitrogens is 3. The number of fused-ring (bicyclic) bond motifs is 2. The van der Waals surface area contributed by atoms with Crippen molar-refractivity contribution in [3.63, 3.8) is 0 Å². The van der Waals surface area contributed by atoms with Gasteiger partial charge in [0.25, 0.3) is 0 Å². The molecule has 1 amide bonds. The van der Waals surface area contributed by atoms with Gasteiger partial charge in [-0.05, 0) is 20.8 Å². The Bertz CT molecular complexity index is 1250. The number of carbonyl (C=O) groups is 1. The number of piperidine rings is 1. The summed E-state index contributed by atoms with van der Waals surface area (Å²) in [4.78, 5) is 20.1. The van der Waals surface area contributed by atoms with Crippen molar-refractivity contribution in [2.75, 3.05) is 13.1 Å². The van der Waals surface area contributed by atoms with E-state index in [4.69, 9.17) is 14.8 Å². The quantitative estimate of drug-likeness (QED) is 0.198. The summed E-state index contributed by atoms with van der Waals surface area (Å²) < 4.78 is 29.6. The van der Waals surface area contributed by atoms with Crippen molar-refractivity contribution in [1.82, 2.24) is 19.7 Å². The van der Waals surface area contributed by atoms with Gasteiger partial charge in [-0.25, -0.2) is 0 Å². The molecule has 3 aliphatic rings. The first-order valence-corrected chi connectivity index (χ1v) is 24.5. The number of carbonyl (C=O) groups excluding carboxylic acids is 1. The van der Waals surface area contributed by atoms with Gasteiger partial charge in [-0.15, -0.1) is 0 Å². The topological polar surface area (TPSA) is 60.3 Å². The molecule has 8 heteroatoms. The number of unbranched alkanes of at least 4 members (excludes halogenated alkanes) is 3. The first-order valence-electron chi connectivity index (χ1n) is 17.1. The second kappa shape index (κ2) is 12.5. The van der Waals surface area contributed by atoms with E-state index in [0.29, 0.717) is 31.0 Å². The van der Waals surface area contributed by atoms with Crippen LogP contribution in [0.5, 0.6) is 0 Å².